The Morgan fingerprint density at radius 3 is 2.67 bits per heavy atom. The Hall–Kier alpha value is -3.30. The summed E-state index contributed by atoms with van der Waals surface area (Å²) >= 11 is 0. The first-order valence-electron chi connectivity index (χ1n) is 10.6. The number of hydrogen-bond acceptors (Lipinski definition) is 5. The Labute approximate surface area is 192 Å². The van der Waals surface area contributed by atoms with E-state index in [1.165, 1.54) is 16.4 Å². The highest BCUT2D eigenvalue weighted by atomic mass is 32.2. The summed E-state index contributed by atoms with van der Waals surface area (Å²) in [4.78, 5) is 16.9. The van der Waals surface area contributed by atoms with Crippen LogP contribution in [-0.2, 0) is 28.0 Å². The number of ether oxygens (including phenoxy) is 1. The maximum absolute atomic E-state index is 13.2. The van der Waals surface area contributed by atoms with E-state index in [0.29, 0.717) is 25.2 Å². The number of nitrogens with zero attached hydrogens (tertiary/aromatic N) is 2. The number of carbonyl (C=O) groups excluding carboxylic acids is 1. The number of sulfonamides is 1. The third-order valence-electron chi connectivity index (χ3n) is 5.42. The number of pyridine rings is 1. The van der Waals surface area contributed by atoms with Gasteiger partial charge in [-0.2, -0.15) is 4.31 Å². The van der Waals surface area contributed by atoms with Gasteiger partial charge >= 0.3 is 0 Å². The maximum atomic E-state index is 13.2. The summed E-state index contributed by atoms with van der Waals surface area (Å²) in [5.41, 5.74) is 1.78. The lowest BCUT2D eigenvalue weighted by Crippen LogP contribution is -2.45. The van der Waals surface area contributed by atoms with Crippen LogP contribution in [0.3, 0.4) is 0 Å². The number of hydrogen-bond donors (Lipinski definition) is 1. The Bertz CT molecular complexity index is 1200. The van der Waals surface area contributed by atoms with Gasteiger partial charge in [0.1, 0.15) is 24.2 Å². The molecule has 1 aliphatic heterocycles. The van der Waals surface area contributed by atoms with Crippen LogP contribution in [0.4, 0.5) is 4.39 Å². The number of nitrogens with one attached hydrogen (secondary N) is 1. The fraction of sp³-hybridized carbons (Fsp3) is 0.250. The Morgan fingerprint density at radius 1 is 1.12 bits per heavy atom. The van der Waals surface area contributed by atoms with Crippen molar-refractivity contribution in [2.75, 3.05) is 6.54 Å². The molecule has 0 bridgehead atoms. The predicted molar refractivity (Wildman–Crippen MR) is 120 cm³/mol. The molecule has 1 atom stereocenters. The topological polar surface area (TPSA) is 88.6 Å². The predicted octanol–water partition coefficient (Wildman–Crippen LogP) is 3.27. The molecule has 1 fully saturated rings. The van der Waals surface area contributed by atoms with Crippen molar-refractivity contribution < 1.29 is 22.3 Å². The van der Waals surface area contributed by atoms with E-state index >= 15 is 0 Å². The van der Waals surface area contributed by atoms with Crippen molar-refractivity contribution >= 4 is 15.9 Å². The van der Waals surface area contributed by atoms with Crippen LogP contribution in [0.5, 0.6) is 5.75 Å². The molecule has 0 spiro atoms. The van der Waals surface area contributed by atoms with Gasteiger partial charge in [-0.25, -0.2) is 12.8 Å². The fourth-order valence-corrected chi connectivity index (χ4v) is 5.39. The van der Waals surface area contributed by atoms with Gasteiger partial charge in [-0.1, -0.05) is 18.2 Å². The molecule has 3 aromatic rings. The molecule has 7 nitrogen and oxygen atoms in total. The first-order chi connectivity index (χ1) is 15.9. The highest BCUT2D eigenvalue weighted by molar-refractivity contribution is 7.89. The second-order valence-electron chi connectivity index (χ2n) is 7.74. The Kier molecular flexibility index (Phi) is 7.00. The second-order valence-corrected chi connectivity index (χ2v) is 9.63. The van der Waals surface area contributed by atoms with Crippen LogP contribution in [0, 0.1) is 5.82 Å². The molecule has 9 heteroatoms. The van der Waals surface area contributed by atoms with Crippen molar-refractivity contribution in [3.8, 4) is 5.75 Å². The molecule has 0 saturated carbocycles. The van der Waals surface area contributed by atoms with Crippen molar-refractivity contribution in [3.63, 3.8) is 0 Å². The molecule has 2 aromatic carbocycles. The van der Waals surface area contributed by atoms with E-state index in [4.69, 9.17) is 4.74 Å². The highest BCUT2D eigenvalue weighted by Gasteiger charge is 2.39. The van der Waals surface area contributed by atoms with E-state index in [-0.39, 0.29) is 23.9 Å². The van der Waals surface area contributed by atoms with Crippen LogP contribution in [0.15, 0.2) is 78.0 Å². The van der Waals surface area contributed by atoms with Crippen LogP contribution >= 0.6 is 0 Å². The third-order valence-corrected chi connectivity index (χ3v) is 7.34. The average molecular weight is 470 g/mol. The van der Waals surface area contributed by atoms with Crippen LogP contribution in [0.1, 0.15) is 24.0 Å². The van der Waals surface area contributed by atoms with E-state index < -0.39 is 21.9 Å². The summed E-state index contributed by atoms with van der Waals surface area (Å²) < 4.78 is 46.1. The van der Waals surface area contributed by atoms with Gasteiger partial charge in [0.05, 0.1) is 4.90 Å². The number of benzene rings is 2. The first-order valence-corrected chi connectivity index (χ1v) is 12.0. The zero-order valence-electron chi connectivity index (χ0n) is 17.9. The van der Waals surface area contributed by atoms with Crippen LogP contribution in [-0.4, -0.2) is 36.2 Å². The van der Waals surface area contributed by atoms with Crippen molar-refractivity contribution in [1.82, 2.24) is 14.6 Å². The van der Waals surface area contributed by atoms with Crippen molar-refractivity contribution in [3.05, 3.63) is 90.0 Å². The van der Waals surface area contributed by atoms with Gasteiger partial charge in [0.25, 0.3) is 0 Å². The van der Waals surface area contributed by atoms with Crippen molar-refractivity contribution in [2.24, 2.45) is 0 Å². The molecule has 1 N–H and O–H groups in total. The fourth-order valence-electron chi connectivity index (χ4n) is 3.73. The minimum atomic E-state index is -3.89. The number of amides is 1. The monoisotopic (exact) mass is 469 g/mol. The highest BCUT2D eigenvalue weighted by Crippen LogP contribution is 2.26. The van der Waals surface area contributed by atoms with E-state index in [9.17, 15) is 17.6 Å². The van der Waals surface area contributed by atoms with Crippen molar-refractivity contribution in [2.45, 2.75) is 36.9 Å². The number of halogens is 1. The summed E-state index contributed by atoms with van der Waals surface area (Å²) in [6.45, 7) is 0.862. The van der Waals surface area contributed by atoms with Crippen LogP contribution < -0.4 is 10.1 Å². The molecule has 0 radical (unpaired) electrons. The number of aromatic nitrogens is 1. The molecule has 4 rings (SSSR count). The lowest BCUT2D eigenvalue weighted by molar-refractivity contribution is -0.124. The standard InChI is InChI=1S/C24H24FN3O4S/c25-20-8-10-22(11-9-20)33(30,31)28-13-3-7-23(28)24(29)27-16-18-4-1-6-21(14-18)32-17-19-5-2-12-26-15-19/h1-2,4-6,8-12,14-15,23H,3,7,13,16-17H2,(H,27,29)/t23-/m0/s1. The van der Waals surface area contributed by atoms with Gasteiger partial charge in [0.15, 0.2) is 0 Å². The lowest BCUT2D eigenvalue weighted by atomic mass is 10.2. The van der Waals surface area contributed by atoms with Gasteiger partial charge in [-0.05, 0) is 60.9 Å². The largest absolute Gasteiger partial charge is 0.489 e. The van der Waals surface area contributed by atoms with Gasteiger partial charge in [0.2, 0.25) is 15.9 Å². The number of rotatable bonds is 8. The van der Waals surface area contributed by atoms with Gasteiger partial charge < -0.3 is 10.1 Å². The molecule has 1 aliphatic rings. The van der Waals surface area contributed by atoms with E-state index in [1.807, 2.05) is 36.4 Å². The quantitative estimate of drug-likeness (QED) is 0.547. The molecule has 172 valence electrons. The number of carbonyl (C=O) groups is 1. The average Bonchev–Trinajstić information content (AvgIpc) is 3.34. The summed E-state index contributed by atoms with van der Waals surface area (Å²) in [5, 5.41) is 2.83. The molecular weight excluding hydrogens is 445 g/mol. The Morgan fingerprint density at radius 2 is 1.91 bits per heavy atom. The molecule has 1 aromatic heterocycles. The van der Waals surface area contributed by atoms with Crippen LogP contribution in [0.25, 0.3) is 0 Å². The maximum Gasteiger partial charge on any atom is 0.243 e. The first kappa shape index (κ1) is 22.9. The molecule has 0 aliphatic carbocycles. The van der Waals surface area contributed by atoms with Gasteiger partial charge in [-0.3, -0.25) is 9.78 Å². The van der Waals surface area contributed by atoms with Gasteiger partial charge in [0, 0.05) is 31.0 Å². The zero-order valence-corrected chi connectivity index (χ0v) is 18.7. The summed E-state index contributed by atoms with van der Waals surface area (Å²) in [6.07, 6.45) is 4.44. The molecule has 33 heavy (non-hydrogen) atoms. The smallest absolute Gasteiger partial charge is 0.243 e. The zero-order chi connectivity index (χ0) is 23.3. The molecule has 2 heterocycles. The minimum Gasteiger partial charge on any atom is -0.489 e. The summed E-state index contributed by atoms with van der Waals surface area (Å²) in [5.74, 6) is -0.219. The molecule has 1 saturated heterocycles. The molecule has 1 amide bonds. The minimum absolute atomic E-state index is 0.0259. The van der Waals surface area contributed by atoms with E-state index in [1.54, 1.807) is 12.4 Å². The lowest BCUT2D eigenvalue weighted by Gasteiger charge is -2.23. The second kappa shape index (κ2) is 10.1. The SMILES string of the molecule is O=C(NCc1cccc(OCc2cccnc2)c1)[C@@H]1CCCN1S(=O)(=O)c1ccc(F)cc1. The van der Waals surface area contributed by atoms with E-state index in [2.05, 4.69) is 10.3 Å². The Balaban J connectivity index is 1.37. The third kappa shape index (κ3) is 5.55. The normalized spacial score (nSPS) is 16.5. The molecule has 0 unspecified atom stereocenters. The van der Waals surface area contributed by atoms with E-state index in [0.717, 1.165) is 23.3 Å². The summed E-state index contributed by atoms with van der Waals surface area (Å²) in [6, 6.07) is 14.9. The molecular formula is C24H24FN3O4S. The van der Waals surface area contributed by atoms with Gasteiger partial charge in [-0.15, -0.1) is 0 Å². The summed E-state index contributed by atoms with van der Waals surface area (Å²) in [7, 11) is -3.89. The van der Waals surface area contributed by atoms with Crippen molar-refractivity contribution in [1.29, 1.82) is 0 Å². The van der Waals surface area contributed by atoms with Crippen LogP contribution in [0.2, 0.25) is 0 Å².